The third-order valence-corrected chi connectivity index (χ3v) is 3.60. The standard InChI is InChI=1S/C13H18BrN3O2/c1-8-6-17(7-9(2)19-8)12-4-3-10(14)5-11(12)13(15)16-18/h3-5,8-9,18H,6-7H2,1-2H3,(H2,15,16). The molecule has 0 aromatic heterocycles. The summed E-state index contributed by atoms with van der Waals surface area (Å²) in [5.74, 6) is 0.114. The number of rotatable bonds is 2. The lowest BCUT2D eigenvalue weighted by molar-refractivity contribution is -0.00522. The third-order valence-electron chi connectivity index (χ3n) is 3.10. The van der Waals surface area contributed by atoms with Crippen molar-refractivity contribution in [2.24, 2.45) is 10.9 Å². The van der Waals surface area contributed by atoms with Crippen molar-refractivity contribution in [2.75, 3.05) is 18.0 Å². The van der Waals surface area contributed by atoms with E-state index in [2.05, 4.69) is 26.0 Å². The van der Waals surface area contributed by atoms with Crippen LogP contribution in [0.25, 0.3) is 0 Å². The Labute approximate surface area is 121 Å². The Morgan fingerprint density at radius 3 is 2.63 bits per heavy atom. The van der Waals surface area contributed by atoms with Crippen molar-refractivity contribution in [3.05, 3.63) is 28.2 Å². The van der Waals surface area contributed by atoms with E-state index in [1.165, 1.54) is 0 Å². The quantitative estimate of drug-likeness (QED) is 0.378. The van der Waals surface area contributed by atoms with Gasteiger partial charge in [0.2, 0.25) is 0 Å². The maximum absolute atomic E-state index is 8.91. The highest BCUT2D eigenvalue weighted by Gasteiger charge is 2.24. The number of amidine groups is 1. The molecule has 1 aliphatic rings. The Bertz CT molecular complexity index is 483. The number of anilines is 1. The molecule has 2 rings (SSSR count). The van der Waals surface area contributed by atoms with Gasteiger partial charge in [-0.05, 0) is 32.0 Å². The van der Waals surface area contributed by atoms with Gasteiger partial charge < -0.3 is 20.6 Å². The molecule has 19 heavy (non-hydrogen) atoms. The fraction of sp³-hybridized carbons (Fsp3) is 0.462. The van der Waals surface area contributed by atoms with Crippen LogP contribution in [0, 0.1) is 0 Å². The van der Waals surface area contributed by atoms with Crippen LogP contribution in [0.3, 0.4) is 0 Å². The molecule has 3 N–H and O–H groups in total. The highest BCUT2D eigenvalue weighted by atomic mass is 79.9. The Morgan fingerprint density at radius 1 is 1.42 bits per heavy atom. The van der Waals surface area contributed by atoms with Crippen LogP contribution in [0.1, 0.15) is 19.4 Å². The van der Waals surface area contributed by atoms with Crippen LogP contribution in [0.15, 0.2) is 27.8 Å². The molecule has 1 heterocycles. The number of morpholine rings is 1. The summed E-state index contributed by atoms with van der Waals surface area (Å²) < 4.78 is 6.62. The molecule has 0 radical (unpaired) electrons. The molecule has 0 bridgehead atoms. The van der Waals surface area contributed by atoms with Crippen LogP contribution < -0.4 is 10.6 Å². The van der Waals surface area contributed by atoms with E-state index in [0.717, 1.165) is 28.8 Å². The monoisotopic (exact) mass is 327 g/mol. The number of nitrogens with two attached hydrogens (primary N) is 1. The first kappa shape index (κ1) is 14.1. The average Bonchev–Trinajstić information content (AvgIpc) is 2.36. The minimum atomic E-state index is 0.114. The van der Waals surface area contributed by atoms with Gasteiger partial charge >= 0.3 is 0 Å². The van der Waals surface area contributed by atoms with E-state index in [-0.39, 0.29) is 18.0 Å². The van der Waals surface area contributed by atoms with Crippen LogP contribution in [0.5, 0.6) is 0 Å². The van der Waals surface area contributed by atoms with Crippen LogP contribution >= 0.6 is 15.9 Å². The van der Waals surface area contributed by atoms with Crippen molar-refractivity contribution in [3.63, 3.8) is 0 Å². The fourth-order valence-corrected chi connectivity index (χ4v) is 2.78. The summed E-state index contributed by atoms with van der Waals surface area (Å²) in [5, 5.41) is 12.0. The fourth-order valence-electron chi connectivity index (χ4n) is 2.42. The van der Waals surface area contributed by atoms with Gasteiger partial charge in [0.05, 0.1) is 12.2 Å². The molecule has 1 aromatic rings. The molecule has 5 nitrogen and oxygen atoms in total. The van der Waals surface area contributed by atoms with Gasteiger partial charge in [-0.15, -0.1) is 0 Å². The minimum absolute atomic E-state index is 0.114. The van der Waals surface area contributed by atoms with Gasteiger partial charge in [0.15, 0.2) is 5.84 Å². The van der Waals surface area contributed by atoms with Crippen LogP contribution in [0.2, 0.25) is 0 Å². The number of hydrogen-bond donors (Lipinski definition) is 2. The Morgan fingerprint density at radius 2 is 2.05 bits per heavy atom. The van der Waals surface area contributed by atoms with Crippen molar-refractivity contribution in [2.45, 2.75) is 26.1 Å². The van der Waals surface area contributed by atoms with Gasteiger partial charge in [0.1, 0.15) is 0 Å². The van der Waals surface area contributed by atoms with Crippen LogP contribution in [-0.2, 0) is 4.74 Å². The number of hydrogen-bond acceptors (Lipinski definition) is 4. The number of benzene rings is 1. The Hall–Kier alpha value is -1.27. The largest absolute Gasteiger partial charge is 0.409 e. The molecule has 1 aromatic carbocycles. The molecular formula is C13H18BrN3O2. The van der Waals surface area contributed by atoms with Crippen LogP contribution in [-0.4, -0.2) is 36.3 Å². The molecule has 0 saturated carbocycles. The van der Waals surface area contributed by atoms with Gasteiger partial charge in [-0.25, -0.2) is 0 Å². The number of ether oxygens (including phenoxy) is 1. The van der Waals surface area contributed by atoms with E-state index in [1.807, 2.05) is 32.0 Å². The predicted octanol–water partition coefficient (Wildman–Crippen LogP) is 2.16. The second-order valence-corrected chi connectivity index (χ2v) is 5.72. The molecule has 1 fully saturated rings. The molecule has 1 aliphatic heterocycles. The maximum Gasteiger partial charge on any atom is 0.172 e. The van der Waals surface area contributed by atoms with E-state index in [0.29, 0.717) is 0 Å². The van der Waals surface area contributed by atoms with Crippen molar-refractivity contribution in [1.29, 1.82) is 0 Å². The first-order valence-corrected chi connectivity index (χ1v) is 6.98. The Kier molecular flexibility index (Phi) is 4.31. The summed E-state index contributed by atoms with van der Waals surface area (Å²) in [4.78, 5) is 2.21. The molecule has 0 spiro atoms. The first-order valence-electron chi connectivity index (χ1n) is 6.19. The molecule has 104 valence electrons. The van der Waals surface area contributed by atoms with E-state index in [4.69, 9.17) is 15.7 Å². The lowest BCUT2D eigenvalue weighted by Gasteiger charge is -2.37. The van der Waals surface area contributed by atoms with Gasteiger partial charge in [-0.1, -0.05) is 21.1 Å². The lowest BCUT2D eigenvalue weighted by Crippen LogP contribution is -2.46. The number of oxime groups is 1. The van der Waals surface area contributed by atoms with Gasteiger partial charge in [-0.3, -0.25) is 0 Å². The highest BCUT2D eigenvalue weighted by molar-refractivity contribution is 9.10. The van der Waals surface area contributed by atoms with Gasteiger partial charge in [0.25, 0.3) is 0 Å². The lowest BCUT2D eigenvalue weighted by atomic mass is 10.1. The van der Waals surface area contributed by atoms with E-state index in [1.54, 1.807) is 0 Å². The zero-order chi connectivity index (χ0) is 14.0. The van der Waals surface area contributed by atoms with Crippen molar-refractivity contribution >= 4 is 27.5 Å². The molecular weight excluding hydrogens is 310 g/mol. The van der Waals surface area contributed by atoms with Crippen LogP contribution in [0.4, 0.5) is 5.69 Å². The number of nitrogens with zero attached hydrogens (tertiary/aromatic N) is 2. The molecule has 1 saturated heterocycles. The molecule has 0 amide bonds. The first-order chi connectivity index (χ1) is 9.01. The summed E-state index contributed by atoms with van der Waals surface area (Å²) >= 11 is 3.41. The molecule has 2 atom stereocenters. The normalized spacial score (nSPS) is 24.6. The topological polar surface area (TPSA) is 71.1 Å². The van der Waals surface area contributed by atoms with Gasteiger partial charge in [-0.2, -0.15) is 0 Å². The SMILES string of the molecule is CC1CN(c2ccc(Br)cc2/C(N)=N/O)CC(C)O1. The van der Waals surface area contributed by atoms with E-state index in [9.17, 15) is 0 Å². The zero-order valence-electron chi connectivity index (χ0n) is 11.0. The second kappa shape index (κ2) is 5.79. The summed E-state index contributed by atoms with van der Waals surface area (Å²) in [6, 6.07) is 5.78. The predicted molar refractivity (Wildman–Crippen MR) is 78.9 cm³/mol. The smallest absolute Gasteiger partial charge is 0.172 e. The van der Waals surface area contributed by atoms with Gasteiger partial charge in [0, 0.05) is 28.8 Å². The van der Waals surface area contributed by atoms with E-state index < -0.39 is 0 Å². The maximum atomic E-state index is 8.91. The molecule has 6 heteroatoms. The Balaban J connectivity index is 2.38. The van der Waals surface area contributed by atoms with Crippen molar-refractivity contribution in [3.8, 4) is 0 Å². The van der Waals surface area contributed by atoms with E-state index >= 15 is 0 Å². The zero-order valence-corrected chi connectivity index (χ0v) is 12.6. The molecule has 2 unspecified atom stereocenters. The molecule has 0 aliphatic carbocycles. The summed E-state index contributed by atoms with van der Waals surface area (Å²) in [6.45, 7) is 5.67. The second-order valence-electron chi connectivity index (χ2n) is 4.81. The third kappa shape index (κ3) is 3.19. The highest BCUT2D eigenvalue weighted by Crippen LogP contribution is 2.27. The summed E-state index contributed by atoms with van der Waals surface area (Å²) in [7, 11) is 0. The summed E-state index contributed by atoms with van der Waals surface area (Å²) in [5.41, 5.74) is 7.44. The summed E-state index contributed by atoms with van der Waals surface area (Å²) in [6.07, 6.45) is 0.320. The average molecular weight is 328 g/mol. The van der Waals surface area contributed by atoms with Crippen molar-refractivity contribution in [1.82, 2.24) is 0 Å². The minimum Gasteiger partial charge on any atom is -0.409 e. The number of halogens is 1. The van der Waals surface area contributed by atoms with Crippen molar-refractivity contribution < 1.29 is 9.94 Å².